The van der Waals surface area contributed by atoms with Gasteiger partial charge in [0, 0.05) is 5.56 Å². The molecule has 0 spiro atoms. The van der Waals surface area contributed by atoms with E-state index in [9.17, 15) is 4.39 Å². The number of aryl methyl sites for hydroxylation is 1. The van der Waals surface area contributed by atoms with Crippen LogP contribution in [0.3, 0.4) is 0 Å². The van der Waals surface area contributed by atoms with E-state index in [0.29, 0.717) is 11.3 Å². The van der Waals surface area contributed by atoms with Crippen LogP contribution in [-0.4, -0.2) is 10.2 Å². The number of nitrogens with zero attached hydrogens (tertiary/aromatic N) is 1. The Labute approximate surface area is 129 Å². The van der Waals surface area contributed by atoms with Crippen LogP contribution >= 0.6 is 0 Å². The second-order valence-corrected chi connectivity index (χ2v) is 5.06. The van der Waals surface area contributed by atoms with Gasteiger partial charge in [-0.05, 0) is 35.7 Å². The molecule has 0 saturated heterocycles. The lowest BCUT2D eigenvalue weighted by molar-refractivity contribution is 0.625. The molecule has 0 atom stereocenters. The highest BCUT2D eigenvalue weighted by atomic mass is 19.1. The highest BCUT2D eigenvalue weighted by Gasteiger charge is 2.08. The Balaban J connectivity index is 1.93. The molecule has 0 fully saturated rings. The van der Waals surface area contributed by atoms with Gasteiger partial charge in [-0.2, -0.15) is 5.10 Å². The van der Waals surface area contributed by atoms with Crippen molar-refractivity contribution in [2.75, 3.05) is 0 Å². The van der Waals surface area contributed by atoms with Gasteiger partial charge in [-0.15, -0.1) is 6.42 Å². The smallest absolute Gasteiger partial charge is 0.139 e. The maximum absolute atomic E-state index is 13.8. The number of rotatable bonds is 3. The van der Waals surface area contributed by atoms with Gasteiger partial charge in [-0.1, -0.05) is 43.2 Å². The molecule has 0 radical (unpaired) electrons. The van der Waals surface area contributed by atoms with Crippen LogP contribution in [0.15, 0.2) is 48.5 Å². The van der Waals surface area contributed by atoms with Crippen molar-refractivity contribution >= 4 is 0 Å². The van der Waals surface area contributed by atoms with E-state index in [1.54, 1.807) is 12.1 Å². The summed E-state index contributed by atoms with van der Waals surface area (Å²) in [6.45, 7) is 2.12. The largest absolute Gasteiger partial charge is 0.277 e. The molecule has 0 saturated carbocycles. The quantitative estimate of drug-likeness (QED) is 0.710. The number of aromatic nitrogens is 2. The molecule has 2 nitrogen and oxygen atoms in total. The molecule has 2 aromatic carbocycles. The van der Waals surface area contributed by atoms with E-state index in [4.69, 9.17) is 6.42 Å². The predicted octanol–water partition coefficient (Wildman–Crippen LogP) is 4.43. The molecule has 1 aromatic heterocycles. The fraction of sp³-hybridized carbons (Fsp3) is 0.105. The fourth-order valence-corrected chi connectivity index (χ4v) is 2.33. The number of terminal acetylenes is 1. The first-order chi connectivity index (χ1) is 10.7. The van der Waals surface area contributed by atoms with Crippen molar-refractivity contribution in [3.63, 3.8) is 0 Å². The van der Waals surface area contributed by atoms with Gasteiger partial charge in [-0.25, -0.2) is 4.39 Å². The zero-order valence-corrected chi connectivity index (χ0v) is 12.2. The number of halogens is 1. The average molecular weight is 290 g/mol. The van der Waals surface area contributed by atoms with Gasteiger partial charge in [0.05, 0.1) is 17.0 Å². The highest BCUT2D eigenvalue weighted by Crippen LogP contribution is 2.25. The topological polar surface area (TPSA) is 28.7 Å². The van der Waals surface area contributed by atoms with E-state index in [1.807, 2.05) is 6.07 Å². The molecule has 1 N–H and O–H groups in total. The average Bonchev–Trinajstić information content (AvgIpc) is 3.05. The summed E-state index contributed by atoms with van der Waals surface area (Å²) in [5, 5.41) is 7.25. The Kier molecular flexibility index (Phi) is 3.76. The van der Waals surface area contributed by atoms with Crippen molar-refractivity contribution in [1.82, 2.24) is 10.2 Å². The zero-order valence-electron chi connectivity index (χ0n) is 12.2. The van der Waals surface area contributed by atoms with Crippen LogP contribution in [0.1, 0.15) is 18.1 Å². The van der Waals surface area contributed by atoms with Crippen LogP contribution in [0.4, 0.5) is 4.39 Å². The molecule has 108 valence electrons. The van der Waals surface area contributed by atoms with Gasteiger partial charge in [0.25, 0.3) is 0 Å². The third kappa shape index (κ3) is 2.64. The summed E-state index contributed by atoms with van der Waals surface area (Å²) in [5.41, 5.74) is 4.89. The van der Waals surface area contributed by atoms with E-state index in [1.165, 1.54) is 11.6 Å². The maximum atomic E-state index is 13.8. The Morgan fingerprint density at radius 1 is 1.09 bits per heavy atom. The van der Waals surface area contributed by atoms with E-state index in [2.05, 4.69) is 47.3 Å². The summed E-state index contributed by atoms with van der Waals surface area (Å²) in [4.78, 5) is 0. The molecular formula is C19H15FN2. The minimum atomic E-state index is -0.406. The normalized spacial score (nSPS) is 10.4. The van der Waals surface area contributed by atoms with Gasteiger partial charge >= 0.3 is 0 Å². The van der Waals surface area contributed by atoms with Crippen molar-refractivity contribution < 1.29 is 4.39 Å². The Morgan fingerprint density at radius 3 is 2.45 bits per heavy atom. The lowest BCUT2D eigenvalue weighted by Crippen LogP contribution is -1.85. The van der Waals surface area contributed by atoms with Crippen molar-refractivity contribution in [1.29, 1.82) is 0 Å². The number of hydrogen-bond acceptors (Lipinski definition) is 1. The van der Waals surface area contributed by atoms with Crippen molar-refractivity contribution in [2.24, 2.45) is 0 Å². The van der Waals surface area contributed by atoms with E-state index < -0.39 is 5.82 Å². The van der Waals surface area contributed by atoms with Crippen LogP contribution in [0, 0.1) is 18.2 Å². The number of nitrogens with one attached hydrogen (secondary N) is 1. The minimum absolute atomic E-state index is 0.259. The van der Waals surface area contributed by atoms with E-state index in [-0.39, 0.29) is 5.56 Å². The molecule has 0 aliphatic heterocycles. The summed E-state index contributed by atoms with van der Waals surface area (Å²) in [5.74, 6) is 1.91. The SMILES string of the molecule is C#Cc1ccc(-c2cc(-c3ccc(CC)cc3)[nH]n2)cc1F. The second kappa shape index (κ2) is 5.87. The lowest BCUT2D eigenvalue weighted by atomic mass is 10.1. The minimum Gasteiger partial charge on any atom is -0.277 e. The van der Waals surface area contributed by atoms with Gasteiger partial charge in [0.15, 0.2) is 0 Å². The summed E-state index contributed by atoms with van der Waals surface area (Å²) in [6.07, 6.45) is 6.24. The third-order valence-corrected chi connectivity index (χ3v) is 3.67. The number of benzene rings is 2. The molecule has 3 heteroatoms. The zero-order chi connectivity index (χ0) is 15.5. The molecule has 0 aliphatic rings. The number of aromatic amines is 1. The Hall–Kier alpha value is -2.86. The summed E-state index contributed by atoms with van der Waals surface area (Å²) < 4.78 is 13.8. The molecule has 3 rings (SSSR count). The molecule has 0 aliphatic carbocycles. The first-order valence-electron chi connectivity index (χ1n) is 7.12. The molecule has 0 bridgehead atoms. The van der Waals surface area contributed by atoms with Gasteiger partial charge in [-0.3, -0.25) is 5.10 Å². The predicted molar refractivity (Wildman–Crippen MR) is 86.7 cm³/mol. The van der Waals surface area contributed by atoms with Crippen LogP contribution in [0.5, 0.6) is 0 Å². The van der Waals surface area contributed by atoms with E-state index in [0.717, 1.165) is 17.7 Å². The lowest BCUT2D eigenvalue weighted by Gasteiger charge is -2.00. The number of hydrogen-bond donors (Lipinski definition) is 1. The maximum Gasteiger partial charge on any atom is 0.139 e. The molecular weight excluding hydrogens is 275 g/mol. The first-order valence-corrected chi connectivity index (χ1v) is 7.12. The van der Waals surface area contributed by atoms with Gasteiger partial charge in [0.2, 0.25) is 0 Å². The monoisotopic (exact) mass is 290 g/mol. The first kappa shape index (κ1) is 14.1. The van der Waals surface area contributed by atoms with Gasteiger partial charge in [0.1, 0.15) is 5.82 Å². The summed E-state index contributed by atoms with van der Waals surface area (Å²) in [6, 6.07) is 15.0. The van der Waals surface area contributed by atoms with Crippen molar-refractivity contribution in [2.45, 2.75) is 13.3 Å². The van der Waals surface area contributed by atoms with Crippen LogP contribution in [-0.2, 0) is 6.42 Å². The fourth-order valence-electron chi connectivity index (χ4n) is 2.33. The second-order valence-electron chi connectivity index (χ2n) is 5.06. The van der Waals surface area contributed by atoms with Crippen LogP contribution in [0.25, 0.3) is 22.5 Å². The Morgan fingerprint density at radius 2 is 1.82 bits per heavy atom. The van der Waals surface area contributed by atoms with Crippen LogP contribution < -0.4 is 0 Å². The van der Waals surface area contributed by atoms with Crippen molar-refractivity contribution in [3.05, 3.63) is 65.5 Å². The third-order valence-electron chi connectivity index (χ3n) is 3.67. The van der Waals surface area contributed by atoms with E-state index >= 15 is 0 Å². The Bertz CT molecular complexity index is 839. The number of H-pyrrole nitrogens is 1. The molecule has 1 heterocycles. The summed E-state index contributed by atoms with van der Waals surface area (Å²) >= 11 is 0. The molecule has 3 aromatic rings. The molecule has 0 amide bonds. The molecule has 0 unspecified atom stereocenters. The van der Waals surface area contributed by atoms with Gasteiger partial charge < -0.3 is 0 Å². The molecule has 22 heavy (non-hydrogen) atoms. The highest BCUT2D eigenvalue weighted by molar-refractivity contribution is 5.68. The van der Waals surface area contributed by atoms with Crippen molar-refractivity contribution in [3.8, 4) is 34.9 Å². The standard InChI is InChI=1S/C19H15FN2/c1-3-13-5-7-15(8-6-13)18-12-19(22-21-18)16-10-9-14(4-2)17(20)11-16/h2,5-12H,3H2,1H3,(H,21,22). The van der Waals surface area contributed by atoms with Crippen LogP contribution in [0.2, 0.25) is 0 Å². The summed E-state index contributed by atoms with van der Waals surface area (Å²) in [7, 11) is 0.